The molecular formula is C20H18N2O3. The highest BCUT2D eigenvalue weighted by Crippen LogP contribution is 2.31. The van der Waals surface area contributed by atoms with E-state index in [9.17, 15) is 9.59 Å². The maximum atomic E-state index is 12.6. The summed E-state index contributed by atoms with van der Waals surface area (Å²) in [5.74, 6) is 0.346. The summed E-state index contributed by atoms with van der Waals surface area (Å²) in [4.78, 5) is 29.7. The quantitative estimate of drug-likeness (QED) is 0.742. The van der Waals surface area contributed by atoms with E-state index in [4.69, 9.17) is 4.74 Å². The molecule has 25 heavy (non-hydrogen) atoms. The standard InChI is InChI=1S/C20H18N2O3/c1-12(17-10-21-18-8-7-13(25-2)9-16(17)18)11-22-19(23)14-5-3-4-6-15(14)20(22)24/h3-10,12,21H,11H2,1-2H3. The van der Waals surface area contributed by atoms with E-state index in [0.29, 0.717) is 17.7 Å². The van der Waals surface area contributed by atoms with Crippen molar-refractivity contribution in [2.24, 2.45) is 0 Å². The largest absolute Gasteiger partial charge is 0.497 e. The van der Waals surface area contributed by atoms with Crippen molar-refractivity contribution in [2.75, 3.05) is 13.7 Å². The molecule has 126 valence electrons. The number of carbonyl (C=O) groups excluding carboxylic acids is 2. The molecule has 3 aromatic rings. The third kappa shape index (κ3) is 2.39. The third-order valence-electron chi connectivity index (χ3n) is 4.79. The van der Waals surface area contributed by atoms with Crippen molar-refractivity contribution >= 4 is 22.7 Å². The zero-order chi connectivity index (χ0) is 17.6. The molecule has 5 heteroatoms. The minimum absolute atomic E-state index is 0.00284. The number of ether oxygens (including phenoxy) is 1. The van der Waals surface area contributed by atoms with Crippen LogP contribution < -0.4 is 4.74 Å². The number of aromatic nitrogens is 1. The van der Waals surface area contributed by atoms with Crippen LogP contribution in [-0.2, 0) is 0 Å². The van der Waals surface area contributed by atoms with Crippen LogP contribution in [-0.4, -0.2) is 35.4 Å². The van der Waals surface area contributed by atoms with Gasteiger partial charge in [0, 0.05) is 29.6 Å². The summed E-state index contributed by atoms with van der Waals surface area (Å²) in [5.41, 5.74) is 3.04. The summed E-state index contributed by atoms with van der Waals surface area (Å²) in [6, 6.07) is 12.8. The molecule has 0 aliphatic carbocycles. The fourth-order valence-electron chi connectivity index (χ4n) is 3.43. The fourth-order valence-corrected chi connectivity index (χ4v) is 3.43. The van der Waals surface area contributed by atoms with Crippen LogP contribution in [0.25, 0.3) is 10.9 Å². The second kappa shape index (κ2) is 5.77. The summed E-state index contributed by atoms with van der Waals surface area (Å²) >= 11 is 0. The molecule has 4 rings (SSSR count). The van der Waals surface area contributed by atoms with E-state index in [-0.39, 0.29) is 17.7 Å². The molecule has 0 radical (unpaired) electrons. The molecule has 1 unspecified atom stereocenters. The van der Waals surface area contributed by atoms with Crippen LogP contribution in [0.3, 0.4) is 0 Å². The Morgan fingerprint density at radius 3 is 2.40 bits per heavy atom. The summed E-state index contributed by atoms with van der Waals surface area (Å²) in [6.45, 7) is 2.36. The van der Waals surface area contributed by atoms with Gasteiger partial charge in [-0.25, -0.2) is 0 Å². The minimum atomic E-state index is -0.218. The lowest BCUT2D eigenvalue weighted by Gasteiger charge is -2.19. The molecule has 0 bridgehead atoms. The minimum Gasteiger partial charge on any atom is -0.497 e. The highest BCUT2D eigenvalue weighted by Gasteiger charge is 2.36. The fraction of sp³-hybridized carbons (Fsp3) is 0.200. The maximum absolute atomic E-state index is 12.6. The van der Waals surface area contributed by atoms with Crippen LogP contribution in [0, 0.1) is 0 Å². The van der Waals surface area contributed by atoms with E-state index in [2.05, 4.69) is 4.98 Å². The Balaban J connectivity index is 1.64. The molecular weight excluding hydrogens is 316 g/mol. The number of methoxy groups -OCH3 is 1. The van der Waals surface area contributed by atoms with Gasteiger partial charge in [0.05, 0.1) is 18.2 Å². The Kier molecular flexibility index (Phi) is 3.57. The number of amides is 2. The molecule has 1 aliphatic rings. The number of nitrogens with one attached hydrogen (secondary N) is 1. The van der Waals surface area contributed by atoms with Gasteiger partial charge in [0.2, 0.25) is 0 Å². The van der Waals surface area contributed by atoms with E-state index in [1.807, 2.05) is 31.3 Å². The van der Waals surface area contributed by atoms with Crippen LogP contribution in [0.1, 0.15) is 39.1 Å². The number of benzene rings is 2. The Morgan fingerprint density at radius 2 is 1.76 bits per heavy atom. The van der Waals surface area contributed by atoms with Crippen LogP contribution in [0.4, 0.5) is 0 Å². The lowest BCUT2D eigenvalue weighted by molar-refractivity contribution is 0.0646. The second-order valence-corrected chi connectivity index (χ2v) is 6.32. The van der Waals surface area contributed by atoms with Crippen LogP contribution >= 0.6 is 0 Å². The number of hydrogen-bond acceptors (Lipinski definition) is 3. The molecule has 5 nitrogen and oxygen atoms in total. The third-order valence-corrected chi connectivity index (χ3v) is 4.79. The molecule has 0 spiro atoms. The summed E-state index contributed by atoms with van der Waals surface area (Å²) < 4.78 is 5.30. The zero-order valence-corrected chi connectivity index (χ0v) is 14.1. The molecule has 1 aliphatic heterocycles. The van der Waals surface area contributed by atoms with Crippen molar-refractivity contribution in [2.45, 2.75) is 12.8 Å². The van der Waals surface area contributed by atoms with Crippen LogP contribution in [0.2, 0.25) is 0 Å². The van der Waals surface area contributed by atoms with Gasteiger partial charge in [-0.2, -0.15) is 0 Å². The Hall–Kier alpha value is -3.08. The molecule has 1 atom stereocenters. The Bertz CT molecular complexity index is 955. The van der Waals surface area contributed by atoms with Crippen LogP contribution in [0.15, 0.2) is 48.7 Å². The average molecular weight is 334 g/mol. The predicted molar refractivity (Wildman–Crippen MR) is 95.1 cm³/mol. The number of aromatic amines is 1. The first-order valence-corrected chi connectivity index (χ1v) is 8.20. The predicted octanol–water partition coefficient (Wildman–Crippen LogP) is 3.58. The highest BCUT2D eigenvalue weighted by atomic mass is 16.5. The number of rotatable bonds is 4. The van der Waals surface area contributed by atoms with Gasteiger partial charge >= 0.3 is 0 Å². The van der Waals surface area contributed by atoms with Crippen molar-refractivity contribution in [1.29, 1.82) is 0 Å². The summed E-state index contributed by atoms with van der Waals surface area (Å²) in [7, 11) is 1.63. The SMILES string of the molecule is COc1ccc2[nH]cc(C(C)CN3C(=O)c4ccccc4C3=O)c2c1. The number of imide groups is 1. The number of hydrogen-bond donors (Lipinski definition) is 1. The van der Waals surface area contributed by atoms with Gasteiger partial charge in [0.1, 0.15) is 5.75 Å². The van der Waals surface area contributed by atoms with Crippen molar-refractivity contribution in [3.8, 4) is 5.75 Å². The van der Waals surface area contributed by atoms with Gasteiger partial charge in [-0.1, -0.05) is 19.1 Å². The van der Waals surface area contributed by atoms with E-state index < -0.39 is 0 Å². The zero-order valence-electron chi connectivity index (χ0n) is 14.1. The Morgan fingerprint density at radius 1 is 1.08 bits per heavy atom. The van der Waals surface area contributed by atoms with E-state index in [0.717, 1.165) is 22.2 Å². The topological polar surface area (TPSA) is 62.4 Å². The molecule has 1 aromatic heterocycles. The van der Waals surface area contributed by atoms with Gasteiger partial charge < -0.3 is 9.72 Å². The molecule has 2 amide bonds. The first kappa shape index (κ1) is 15.4. The van der Waals surface area contributed by atoms with Gasteiger partial charge in [-0.3, -0.25) is 14.5 Å². The second-order valence-electron chi connectivity index (χ2n) is 6.32. The molecule has 0 saturated heterocycles. The summed E-state index contributed by atoms with van der Waals surface area (Å²) in [5, 5.41) is 1.04. The number of carbonyl (C=O) groups is 2. The molecule has 1 N–H and O–H groups in total. The molecule has 2 heterocycles. The van der Waals surface area contributed by atoms with Gasteiger partial charge in [-0.15, -0.1) is 0 Å². The lowest BCUT2D eigenvalue weighted by Crippen LogP contribution is -2.33. The van der Waals surface area contributed by atoms with Gasteiger partial charge in [-0.05, 0) is 35.9 Å². The highest BCUT2D eigenvalue weighted by molar-refractivity contribution is 6.21. The number of fused-ring (bicyclic) bond motifs is 2. The van der Waals surface area contributed by atoms with E-state index in [1.54, 1.807) is 31.4 Å². The lowest BCUT2D eigenvalue weighted by atomic mass is 9.99. The summed E-state index contributed by atoms with van der Waals surface area (Å²) in [6.07, 6.45) is 1.94. The van der Waals surface area contributed by atoms with Crippen molar-refractivity contribution in [1.82, 2.24) is 9.88 Å². The van der Waals surface area contributed by atoms with Gasteiger partial charge in [0.25, 0.3) is 11.8 Å². The monoisotopic (exact) mass is 334 g/mol. The van der Waals surface area contributed by atoms with Crippen molar-refractivity contribution in [3.05, 3.63) is 65.4 Å². The van der Waals surface area contributed by atoms with E-state index in [1.165, 1.54) is 4.90 Å². The molecule has 2 aromatic carbocycles. The first-order chi connectivity index (χ1) is 12.1. The van der Waals surface area contributed by atoms with E-state index >= 15 is 0 Å². The van der Waals surface area contributed by atoms with Crippen LogP contribution in [0.5, 0.6) is 5.75 Å². The smallest absolute Gasteiger partial charge is 0.261 e. The van der Waals surface area contributed by atoms with Crippen molar-refractivity contribution in [3.63, 3.8) is 0 Å². The van der Waals surface area contributed by atoms with Crippen molar-refractivity contribution < 1.29 is 14.3 Å². The molecule has 0 saturated carbocycles. The number of nitrogens with zero attached hydrogens (tertiary/aromatic N) is 1. The molecule has 0 fully saturated rings. The maximum Gasteiger partial charge on any atom is 0.261 e. The Labute approximate surface area is 145 Å². The van der Waals surface area contributed by atoms with Gasteiger partial charge in [0.15, 0.2) is 0 Å². The number of H-pyrrole nitrogens is 1. The first-order valence-electron chi connectivity index (χ1n) is 8.20. The average Bonchev–Trinajstić information content (AvgIpc) is 3.16. The normalized spacial score (nSPS) is 14.9.